The summed E-state index contributed by atoms with van der Waals surface area (Å²) in [5.74, 6) is -0.455. The SMILES string of the molecule is COc1cc(N2CCN(C(C)=O)CC2)ccc1Nc1nc(Nc2cccc(NC(C)=O)c2)ncc1C(F)(F)F. The van der Waals surface area contributed by atoms with Crippen LogP contribution in [0.3, 0.4) is 0 Å². The number of nitrogens with zero attached hydrogens (tertiary/aromatic N) is 4. The number of ether oxygens (including phenoxy) is 1. The molecule has 1 fully saturated rings. The first-order chi connectivity index (χ1) is 18.5. The third-order valence-corrected chi connectivity index (χ3v) is 6.06. The second-order valence-electron chi connectivity index (χ2n) is 8.84. The van der Waals surface area contributed by atoms with Gasteiger partial charge in [0.25, 0.3) is 0 Å². The van der Waals surface area contributed by atoms with E-state index in [0.717, 1.165) is 5.69 Å². The largest absolute Gasteiger partial charge is 0.494 e. The van der Waals surface area contributed by atoms with E-state index in [4.69, 9.17) is 4.74 Å². The fraction of sp³-hybridized carbons (Fsp3) is 0.308. The highest BCUT2D eigenvalue weighted by atomic mass is 19.4. The number of methoxy groups -OCH3 is 1. The number of nitrogens with one attached hydrogen (secondary N) is 3. The van der Waals surface area contributed by atoms with Gasteiger partial charge in [-0.15, -0.1) is 0 Å². The number of aromatic nitrogens is 2. The Morgan fingerprint density at radius 3 is 2.33 bits per heavy atom. The van der Waals surface area contributed by atoms with E-state index in [0.29, 0.717) is 49.5 Å². The zero-order valence-electron chi connectivity index (χ0n) is 21.6. The van der Waals surface area contributed by atoms with Gasteiger partial charge in [-0.1, -0.05) is 6.07 Å². The van der Waals surface area contributed by atoms with Crippen molar-refractivity contribution >= 4 is 46.3 Å². The van der Waals surface area contributed by atoms with E-state index < -0.39 is 17.6 Å². The van der Waals surface area contributed by atoms with Crippen LogP contribution in [0.5, 0.6) is 5.75 Å². The van der Waals surface area contributed by atoms with E-state index in [1.165, 1.54) is 21.0 Å². The summed E-state index contributed by atoms with van der Waals surface area (Å²) in [6, 6.07) is 11.7. The second-order valence-corrected chi connectivity index (χ2v) is 8.84. The van der Waals surface area contributed by atoms with Crippen LogP contribution in [0.25, 0.3) is 0 Å². The van der Waals surface area contributed by atoms with Crippen molar-refractivity contribution in [1.29, 1.82) is 0 Å². The van der Waals surface area contributed by atoms with Crippen molar-refractivity contribution in [1.82, 2.24) is 14.9 Å². The molecule has 2 heterocycles. The predicted octanol–water partition coefficient (Wildman–Crippen LogP) is 4.62. The molecule has 1 aliphatic rings. The maximum absolute atomic E-state index is 13.8. The molecule has 206 valence electrons. The molecule has 39 heavy (non-hydrogen) atoms. The van der Waals surface area contributed by atoms with Crippen molar-refractivity contribution in [2.24, 2.45) is 0 Å². The molecule has 1 aliphatic heterocycles. The predicted molar refractivity (Wildman–Crippen MR) is 142 cm³/mol. The molecule has 3 aromatic rings. The Kier molecular flexibility index (Phi) is 8.07. The summed E-state index contributed by atoms with van der Waals surface area (Å²) in [5.41, 5.74) is 1.03. The van der Waals surface area contributed by atoms with Crippen LogP contribution < -0.4 is 25.6 Å². The molecule has 0 unspecified atom stereocenters. The number of benzene rings is 2. The average molecular weight is 544 g/mol. The number of piperazine rings is 1. The molecule has 0 radical (unpaired) electrons. The van der Waals surface area contributed by atoms with Crippen LogP contribution >= 0.6 is 0 Å². The first kappa shape index (κ1) is 27.5. The number of hydrogen-bond acceptors (Lipinski definition) is 8. The van der Waals surface area contributed by atoms with Crippen LogP contribution in [0.2, 0.25) is 0 Å². The van der Waals surface area contributed by atoms with Gasteiger partial charge < -0.3 is 30.5 Å². The normalized spacial score (nSPS) is 13.6. The molecule has 0 aliphatic carbocycles. The lowest BCUT2D eigenvalue weighted by molar-refractivity contribution is -0.137. The van der Waals surface area contributed by atoms with E-state index >= 15 is 0 Å². The topological polar surface area (TPSA) is 112 Å². The Bertz CT molecular complexity index is 1360. The Morgan fingerprint density at radius 2 is 1.69 bits per heavy atom. The van der Waals surface area contributed by atoms with Gasteiger partial charge in [0.1, 0.15) is 17.1 Å². The molecule has 2 aromatic carbocycles. The van der Waals surface area contributed by atoms with Crippen molar-refractivity contribution < 1.29 is 27.5 Å². The smallest absolute Gasteiger partial charge is 0.421 e. The summed E-state index contributed by atoms with van der Waals surface area (Å²) in [5, 5.41) is 8.25. The van der Waals surface area contributed by atoms with Crippen LogP contribution in [0.4, 0.5) is 47.7 Å². The van der Waals surface area contributed by atoms with Gasteiger partial charge >= 0.3 is 6.18 Å². The Morgan fingerprint density at radius 1 is 0.974 bits per heavy atom. The highest BCUT2D eigenvalue weighted by molar-refractivity contribution is 5.89. The zero-order chi connectivity index (χ0) is 28.2. The number of alkyl halides is 3. The van der Waals surface area contributed by atoms with Gasteiger partial charge in [0.05, 0.1) is 12.8 Å². The monoisotopic (exact) mass is 543 g/mol. The molecule has 0 saturated carbocycles. The van der Waals surface area contributed by atoms with Gasteiger partial charge in [0, 0.05) is 69.4 Å². The van der Waals surface area contributed by atoms with E-state index in [1.54, 1.807) is 47.4 Å². The standard InChI is InChI=1S/C26H28F3N7O3/c1-16(37)31-18-5-4-6-19(13-18)32-25-30-15-21(26(27,28)29)24(34-25)33-22-8-7-20(14-23(22)39-3)36-11-9-35(10-12-36)17(2)38/h4-8,13-15H,9-12H2,1-3H3,(H,31,37)(H2,30,32,33,34). The summed E-state index contributed by atoms with van der Waals surface area (Å²) in [4.78, 5) is 34.7. The highest BCUT2D eigenvalue weighted by Gasteiger charge is 2.35. The van der Waals surface area contributed by atoms with E-state index in [2.05, 4.69) is 30.8 Å². The van der Waals surface area contributed by atoms with Crippen LogP contribution in [0, 0.1) is 0 Å². The molecule has 0 spiro atoms. The number of hydrogen-bond donors (Lipinski definition) is 3. The quantitative estimate of drug-likeness (QED) is 0.396. The lowest BCUT2D eigenvalue weighted by atomic mass is 10.2. The molecule has 13 heteroatoms. The van der Waals surface area contributed by atoms with E-state index in [9.17, 15) is 22.8 Å². The van der Waals surface area contributed by atoms with Crippen LogP contribution in [-0.2, 0) is 15.8 Å². The number of anilines is 6. The third kappa shape index (κ3) is 6.86. The second kappa shape index (κ2) is 11.5. The number of carbonyl (C=O) groups excluding carboxylic acids is 2. The number of rotatable bonds is 7. The lowest BCUT2D eigenvalue weighted by Gasteiger charge is -2.35. The minimum absolute atomic E-state index is 0.0198. The zero-order valence-corrected chi connectivity index (χ0v) is 21.6. The summed E-state index contributed by atoms with van der Waals surface area (Å²) in [6.07, 6.45) is -4.01. The van der Waals surface area contributed by atoms with Crippen LogP contribution in [-0.4, -0.2) is 60.0 Å². The van der Waals surface area contributed by atoms with E-state index in [-0.39, 0.29) is 23.5 Å². The number of halogens is 3. The third-order valence-electron chi connectivity index (χ3n) is 6.06. The number of carbonyl (C=O) groups is 2. The van der Waals surface area contributed by atoms with Crippen molar-refractivity contribution in [3.05, 3.63) is 54.2 Å². The van der Waals surface area contributed by atoms with Crippen molar-refractivity contribution in [3.63, 3.8) is 0 Å². The molecule has 3 N–H and O–H groups in total. The fourth-order valence-electron chi connectivity index (χ4n) is 4.14. The molecule has 1 saturated heterocycles. The van der Waals surface area contributed by atoms with Crippen LogP contribution in [0.1, 0.15) is 19.4 Å². The number of amides is 2. The molecule has 0 bridgehead atoms. The minimum atomic E-state index is -4.71. The summed E-state index contributed by atoms with van der Waals surface area (Å²) in [7, 11) is 1.43. The maximum atomic E-state index is 13.8. The molecule has 4 rings (SSSR count). The minimum Gasteiger partial charge on any atom is -0.494 e. The van der Waals surface area contributed by atoms with Gasteiger partial charge in [0.15, 0.2) is 0 Å². The van der Waals surface area contributed by atoms with Gasteiger partial charge in [0.2, 0.25) is 17.8 Å². The van der Waals surface area contributed by atoms with Crippen LogP contribution in [0.15, 0.2) is 48.7 Å². The highest BCUT2D eigenvalue weighted by Crippen LogP contribution is 2.38. The van der Waals surface area contributed by atoms with Crippen molar-refractivity contribution in [2.75, 3.05) is 54.1 Å². The van der Waals surface area contributed by atoms with Gasteiger partial charge in [-0.2, -0.15) is 18.2 Å². The van der Waals surface area contributed by atoms with Gasteiger partial charge in [-0.25, -0.2) is 4.98 Å². The summed E-state index contributed by atoms with van der Waals surface area (Å²) < 4.78 is 46.9. The summed E-state index contributed by atoms with van der Waals surface area (Å²) in [6.45, 7) is 5.31. The maximum Gasteiger partial charge on any atom is 0.421 e. The Labute approximate surface area is 223 Å². The van der Waals surface area contributed by atoms with Gasteiger partial charge in [-0.3, -0.25) is 9.59 Å². The molecule has 1 aromatic heterocycles. The molecular weight excluding hydrogens is 515 g/mol. The molecule has 10 nitrogen and oxygen atoms in total. The van der Waals surface area contributed by atoms with Crippen molar-refractivity contribution in [3.8, 4) is 5.75 Å². The Balaban J connectivity index is 1.59. The lowest BCUT2D eigenvalue weighted by Crippen LogP contribution is -2.48. The molecule has 0 atom stereocenters. The van der Waals surface area contributed by atoms with Gasteiger partial charge in [-0.05, 0) is 30.3 Å². The summed E-state index contributed by atoms with van der Waals surface area (Å²) >= 11 is 0. The van der Waals surface area contributed by atoms with Crippen molar-refractivity contribution in [2.45, 2.75) is 20.0 Å². The first-order valence-electron chi connectivity index (χ1n) is 12.1. The first-order valence-corrected chi connectivity index (χ1v) is 12.1. The average Bonchev–Trinajstić information content (AvgIpc) is 2.88. The fourth-order valence-corrected chi connectivity index (χ4v) is 4.14. The molecule has 2 amide bonds. The van der Waals surface area contributed by atoms with E-state index in [1.807, 2.05) is 0 Å². The Hall–Kier alpha value is -4.55. The molecular formula is C26H28F3N7O3.